The second-order valence-corrected chi connectivity index (χ2v) is 6.85. The third-order valence-corrected chi connectivity index (χ3v) is 4.71. The van der Waals surface area contributed by atoms with Crippen molar-refractivity contribution in [2.45, 2.75) is 26.9 Å². The van der Waals surface area contributed by atoms with E-state index in [1.807, 2.05) is 68.4 Å². The van der Waals surface area contributed by atoms with Crippen molar-refractivity contribution >= 4 is 17.6 Å². The van der Waals surface area contributed by atoms with Crippen molar-refractivity contribution in [2.24, 2.45) is 0 Å². The molecule has 1 amide bonds. The summed E-state index contributed by atoms with van der Waals surface area (Å²) in [6.45, 7) is 3.83. The maximum absolute atomic E-state index is 12.6. The van der Waals surface area contributed by atoms with E-state index < -0.39 is 5.97 Å². The lowest BCUT2D eigenvalue weighted by Crippen LogP contribution is -2.22. The molecule has 0 unspecified atom stereocenters. The fourth-order valence-electron chi connectivity index (χ4n) is 3.11. The molecule has 0 aromatic heterocycles. The van der Waals surface area contributed by atoms with E-state index in [-0.39, 0.29) is 19.1 Å². The Labute approximate surface area is 176 Å². The Morgan fingerprint density at radius 3 is 2.33 bits per heavy atom. The van der Waals surface area contributed by atoms with Gasteiger partial charge in [0.2, 0.25) is 0 Å². The molecule has 3 aromatic rings. The van der Waals surface area contributed by atoms with Crippen molar-refractivity contribution in [1.82, 2.24) is 0 Å². The van der Waals surface area contributed by atoms with Crippen LogP contribution in [0.3, 0.4) is 0 Å². The molecule has 0 heterocycles. The van der Waals surface area contributed by atoms with Gasteiger partial charge in [0.05, 0.1) is 5.56 Å². The van der Waals surface area contributed by atoms with E-state index in [0.29, 0.717) is 16.9 Å². The van der Waals surface area contributed by atoms with E-state index in [1.165, 1.54) is 0 Å². The summed E-state index contributed by atoms with van der Waals surface area (Å²) < 4.78 is 11.0. The topological polar surface area (TPSA) is 64.6 Å². The third-order valence-electron chi connectivity index (χ3n) is 4.71. The van der Waals surface area contributed by atoms with Crippen molar-refractivity contribution in [3.05, 3.63) is 95.1 Å². The number of carbonyl (C=O) groups excluding carboxylic acids is 2. The molecule has 154 valence electrons. The summed E-state index contributed by atoms with van der Waals surface area (Å²) in [6.07, 6.45) is 0.797. The van der Waals surface area contributed by atoms with Crippen LogP contribution in [0.5, 0.6) is 5.75 Å². The Balaban J connectivity index is 1.61. The summed E-state index contributed by atoms with van der Waals surface area (Å²) in [5, 5.41) is 2.86. The zero-order valence-electron chi connectivity index (χ0n) is 17.2. The third kappa shape index (κ3) is 5.47. The van der Waals surface area contributed by atoms with Gasteiger partial charge in [0, 0.05) is 11.3 Å². The fourth-order valence-corrected chi connectivity index (χ4v) is 3.11. The molecule has 5 nitrogen and oxygen atoms in total. The van der Waals surface area contributed by atoms with Gasteiger partial charge in [-0.15, -0.1) is 0 Å². The molecule has 0 saturated carbocycles. The highest BCUT2D eigenvalue weighted by Crippen LogP contribution is 2.21. The number of aryl methyl sites for hydroxylation is 2. The van der Waals surface area contributed by atoms with Crippen LogP contribution in [0.2, 0.25) is 0 Å². The summed E-state index contributed by atoms with van der Waals surface area (Å²) in [5.41, 5.74) is 3.86. The number of esters is 1. The average Bonchev–Trinajstić information content (AvgIpc) is 2.78. The smallest absolute Gasteiger partial charge is 0.339 e. The van der Waals surface area contributed by atoms with Gasteiger partial charge in [-0.1, -0.05) is 61.5 Å². The molecule has 0 aliphatic rings. The van der Waals surface area contributed by atoms with Crippen LogP contribution in [-0.2, 0) is 22.6 Å². The number of nitrogens with one attached hydrogen (secondary N) is 1. The van der Waals surface area contributed by atoms with Crippen molar-refractivity contribution in [3.8, 4) is 5.75 Å². The Morgan fingerprint density at radius 1 is 0.867 bits per heavy atom. The summed E-state index contributed by atoms with van der Waals surface area (Å²) >= 11 is 0. The molecule has 0 radical (unpaired) electrons. The Morgan fingerprint density at radius 2 is 1.57 bits per heavy atom. The van der Waals surface area contributed by atoms with Crippen LogP contribution in [0.4, 0.5) is 5.69 Å². The molecule has 0 atom stereocenters. The highest BCUT2D eigenvalue weighted by Gasteiger charge is 2.16. The predicted molar refractivity (Wildman–Crippen MR) is 117 cm³/mol. The Kier molecular flexibility index (Phi) is 7.22. The van der Waals surface area contributed by atoms with E-state index in [2.05, 4.69) is 5.32 Å². The van der Waals surface area contributed by atoms with Crippen LogP contribution < -0.4 is 10.1 Å². The Bertz CT molecular complexity index is 1010. The highest BCUT2D eigenvalue weighted by molar-refractivity contribution is 5.97. The average molecular weight is 403 g/mol. The normalized spacial score (nSPS) is 10.3. The standard InChI is InChI=1S/C25H25NO4/c1-3-19-12-9-10-18(2)24(19)26-23(27)17-30-25(28)22-15-8-7-11-20(22)16-29-21-13-5-4-6-14-21/h4-15H,3,16-17H2,1-2H3,(H,26,27). The molecular weight excluding hydrogens is 378 g/mol. The van der Waals surface area contributed by atoms with Gasteiger partial charge in [-0.05, 0) is 42.7 Å². The summed E-state index contributed by atoms with van der Waals surface area (Å²) in [7, 11) is 0. The van der Waals surface area contributed by atoms with Gasteiger partial charge in [0.25, 0.3) is 5.91 Å². The molecule has 0 spiro atoms. The molecule has 0 aliphatic carbocycles. The largest absolute Gasteiger partial charge is 0.489 e. The minimum atomic E-state index is -0.557. The van der Waals surface area contributed by atoms with Gasteiger partial charge in [-0.25, -0.2) is 4.79 Å². The van der Waals surface area contributed by atoms with Crippen molar-refractivity contribution < 1.29 is 19.1 Å². The van der Waals surface area contributed by atoms with Crippen LogP contribution >= 0.6 is 0 Å². The van der Waals surface area contributed by atoms with Gasteiger partial charge in [0.1, 0.15) is 12.4 Å². The van der Waals surface area contributed by atoms with Gasteiger partial charge >= 0.3 is 5.97 Å². The van der Waals surface area contributed by atoms with Gasteiger partial charge < -0.3 is 14.8 Å². The van der Waals surface area contributed by atoms with E-state index in [1.54, 1.807) is 18.2 Å². The number of benzene rings is 3. The minimum Gasteiger partial charge on any atom is -0.489 e. The molecule has 30 heavy (non-hydrogen) atoms. The number of anilines is 1. The number of carbonyl (C=O) groups is 2. The predicted octanol–water partition coefficient (Wildman–Crippen LogP) is 4.93. The summed E-state index contributed by atoms with van der Waals surface area (Å²) in [6, 6.07) is 22.3. The van der Waals surface area contributed by atoms with E-state index >= 15 is 0 Å². The van der Waals surface area contributed by atoms with Gasteiger partial charge in [-0.3, -0.25) is 4.79 Å². The maximum atomic E-state index is 12.6. The summed E-state index contributed by atoms with van der Waals surface area (Å²) in [5.74, 6) is -0.215. The van der Waals surface area contributed by atoms with Crippen molar-refractivity contribution in [2.75, 3.05) is 11.9 Å². The molecule has 5 heteroatoms. The second-order valence-electron chi connectivity index (χ2n) is 6.85. The second kappa shape index (κ2) is 10.3. The van der Waals surface area contributed by atoms with Crippen LogP contribution in [0, 0.1) is 6.92 Å². The molecule has 3 rings (SSSR count). The van der Waals surface area contributed by atoms with E-state index in [0.717, 1.165) is 23.2 Å². The first kappa shape index (κ1) is 21.1. The quantitative estimate of drug-likeness (QED) is 0.542. The van der Waals surface area contributed by atoms with Gasteiger partial charge in [0.15, 0.2) is 6.61 Å². The monoisotopic (exact) mass is 403 g/mol. The molecule has 0 fully saturated rings. The lowest BCUT2D eigenvalue weighted by molar-refractivity contribution is -0.119. The molecule has 1 N–H and O–H groups in total. The van der Waals surface area contributed by atoms with Crippen molar-refractivity contribution in [3.63, 3.8) is 0 Å². The Hall–Kier alpha value is -3.60. The van der Waals surface area contributed by atoms with Gasteiger partial charge in [-0.2, -0.15) is 0 Å². The molecule has 0 saturated heterocycles. The van der Waals surface area contributed by atoms with E-state index in [4.69, 9.17) is 9.47 Å². The SMILES string of the molecule is CCc1cccc(C)c1NC(=O)COC(=O)c1ccccc1COc1ccccc1. The molecule has 3 aromatic carbocycles. The van der Waals surface area contributed by atoms with Crippen LogP contribution in [0.15, 0.2) is 72.8 Å². The van der Waals surface area contributed by atoms with Crippen molar-refractivity contribution in [1.29, 1.82) is 0 Å². The van der Waals surface area contributed by atoms with Crippen LogP contribution in [0.25, 0.3) is 0 Å². The zero-order chi connectivity index (χ0) is 21.3. The molecule has 0 aliphatic heterocycles. The zero-order valence-corrected chi connectivity index (χ0v) is 17.2. The molecular formula is C25H25NO4. The fraction of sp³-hybridized carbons (Fsp3) is 0.200. The number of rotatable bonds is 8. The molecule has 0 bridgehead atoms. The van der Waals surface area contributed by atoms with Crippen LogP contribution in [0.1, 0.15) is 34.0 Å². The maximum Gasteiger partial charge on any atom is 0.339 e. The number of hydrogen-bond acceptors (Lipinski definition) is 4. The first-order chi connectivity index (χ1) is 14.6. The number of amides is 1. The lowest BCUT2D eigenvalue weighted by Gasteiger charge is -2.14. The number of para-hydroxylation sites is 2. The lowest BCUT2D eigenvalue weighted by atomic mass is 10.1. The first-order valence-electron chi connectivity index (χ1n) is 9.89. The van der Waals surface area contributed by atoms with Crippen LogP contribution in [-0.4, -0.2) is 18.5 Å². The number of ether oxygens (including phenoxy) is 2. The summed E-state index contributed by atoms with van der Waals surface area (Å²) in [4.78, 5) is 24.9. The highest BCUT2D eigenvalue weighted by atomic mass is 16.5. The first-order valence-corrected chi connectivity index (χ1v) is 9.89. The number of hydrogen-bond donors (Lipinski definition) is 1. The minimum absolute atomic E-state index is 0.227. The van der Waals surface area contributed by atoms with E-state index in [9.17, 15) is 9.59 Å².